The van der Waals surface area contributed by atoms with E-state index in [1.807, 2.05) is 0 Å². The van der Waals surface area contributed by atoms with E-state index >= 15 is 0 Å². The number of aryl methyl sites for hydroxylation is 1. The molecule has 0 radical (unpaired) electrons. The number of nitrogens with zero attached hydrogens (tertiary/aromatic N) is 1. The number of hydrogen-bond acceptors (Lipinski definition) is 3. The van der Waals surface area contributed by atoms with Crippen LogP contribution in [-0.4, -0.2) is 25.7 Å². The molecule has 0 spiro atoms. The van der Waals surface area contributed by atoms with Crippen LogP contribution in [0, 0.1) is 6.92 Å². The molecule has 0 heterocycles. The summed E-state index contributed by atoms with van der Waals surface area (Å²) in [6, 6.07) is 6.89. The van der Waals surface area contributed by atoms with Gasteiger partial charge in [0, 0.05) is 26.2 Å². The second-order valence-corrected chi connectivity index (χ2v) is 6.90. The van der Waals surface area contributed by atoms with E-state index in [1.165, 1.54) is 36.6 Å². The van der Waals surface area contributed by atoms with Gasteiger partial charge in [-0.2, -0.15) is 0 Å². The molecule has 2 rings (SSSR count). The summed E-state index contributed by atoms with van der Waals surface area (Å²) in [6.45, 7) is 7.08. The van der Waals surface area contributed by atoms with Gasteiger partial charge in [0.2, 0.25) is 0 Å². The molecule has 0 atom stereocenters. The van der Waals surface area contributed by atoms with Gasteiger partial charge >= 0.3 is 5.97 Å². The minimum absolute atomic E-state index is 0.128. The minimum atomic E-state index is -0.149. The van der Waals surface area contributed by atoms with Crippen molar-refractivity contribution in [3.05, 3.63) is 29.3 Å². The number of unbranched alkanes of at least 4 members (excludes halogenated alkanes) is 1. The summed E-state index contributed by atoms with van der Waals surface area (Å²) in [5.74, 6) is 0.459. The number of benzene rings is 1. The highest BCUT2D eigenvalue weighted by Gasteiger charge is 2.25. The summed E-state index contributed by atoms with van der Waals surface area (Å²) in [4.78, 5) is 13.4. The average molecular weight is 317 g/mol. The number of rotatable bonds is 6. The van der Waals surface area contributed by atoms with E-state index in [-0.39, 0.29) is 12.1 Å². The Hall–Kier alpha value is -1.51. The van der Waals surface area contributed by atoms with Crippen molar-refractivity contribution in [2.24, 2.45) is 0 Å². The molecule has 1 saturated carbocycles. The van der Waals surface area contributed by atoms with E-state index < -0.39 is 0 Å². The summed E-state index contributed by atoms with van der Waals surface area (Å²) in [7, 11) is 2.18. The molecule has 0 aromatic heterocycles. The van der Waals surface area contributed by atoms with Gasteiger partial charge in [0.05, 0.1) is 0 Å². The molecule has 23 heavy (non-hydrogen) atoms. The maximum atomic E-state index is 11.1. The van der Waals surface area contributed by atoms with Crippen LogP contribution in [0.25, 0.3) is 0 Å². The van der Waals surface area contributed by atoms with Gasteiger partial charge in [-0.1, -0.05) is 19.4 Å². The molecule has 0 aliphatic heterocycles. The van der Waals surface area contributed by atoms with Crippen molar-refractivity contribution in [2.75, 3.05) is 18.5 Å². The van der Waals surface area contributed by atoms with Crippen LogP contribution in [0.1, 0.15) is 69.4 Å². The Kier molecular flexibility index (Phi) is 6.49. The van der Waals surface area contributed by atoms with Gasteiger partial charge < -0.3 is 9.64 Å². The Bertz CT molecular complexity index is 518. The zero-order valence-corrected chi connectivity index (χ0v) is 15.1. The molecule has 0 amide bonds. The van der Waals surface area contributed by atoms with Crippen LogP contribution < -0.4 is 4.90 Å². The highest BCUT2D eigenvalue weighted by molar-refractivity contribution is 5.66. The van der Waals surface area contributed by atoms with Crippen LogP contribution >= 0.6 is 0 Å². The van der Waals surface area contributed by atoms with Crippen LogP contribution in [0.5, 0.6) is 0 Å². The van der Waals surface area contributed by atoms with Crippen LogP contribution in [0.15, 0.2) is 18.2 Å². The fraction of sp³-hybridized carbons (Fsp3) is 0.650. The van der Waals surface area contributed by atoms with Gasteiger partial charge in [0.15, 0.2) is 0 Å². The Morgan fingerprint density at radius 3 is 2.52 bits per heavy atom. The Labute approximate surface area is 141 Å². The first-order chi connectivity index (χ1) is 11.0. The number of anilines is 1. The van der Waals surface area contributed by atoms with Crippen molar-refractivity contribution in [3.8, 4) is 0 Å². The molecule has 128 valence electrons. The van der Waals surface area contributed by atoms with Gasteiger partial charge in [0.1, 0.15) is 6.10 Å². The van der Waals surface area contributed by atoms with Gasteiger partial charge in [0.25, 0.3) is 0 Å². The first-order valence-corrected chi connectivity index (χ1v) is 9.00. The highest BCUT2D eigenvalue weighted by Crippen LogP contribution is 2.36. The molecule has 3 nitrogen and oxygen atoms in total. The summed E-state index contributed by atoms with van der Waals surface area (Å²) >= 11 is 0. The molecule has 1 aromatic carbocycles. The number of ether oxygens (including phenoxy) is 1. The van der Waals surface area contributed by atoms with Crippen molar-refractivity contribution in [3.63, 3.8) is 0 Å². The molecule has 0 N–H and O–H groups in total. The van der Waals surface area contributed by atoms with Crippen molar-refractivity contribution >= 4 is 11.7 Å². The van der Waals surface area contributed by atoms with E-state index in [9.17, 15) is 4.79 Å². The molecule has 1 aliphatic carbocycles. The lowest BCUT2D eigenvalue weighted by Gasteiger charge is -2.30. The van der Waals surface area contributed by atoms with Crippen LogP contribution in [-0.2, 0) is 9.53 Å². The first kappa shape index (κ1) is 17.8. The zero-order chi connectivity index (χ0) is 16.8. The summed E-state index contributed by atoms with van der Waals surface area (Å²) in [5.41, 5.74) is 4.18. The second-order valence-electron chi connectivity index (χ2n) is 6.90. The minimum Gasteiger partial charge on any atom is -0.463 e. The predicted molar refractivity (Wildman–Crippen MR) is 96.1 cm³/mol. The third kappa shape index (κ3) is 4.98. The SMILES string of the molecule is CCCCN(C)c1ccc([C@H]2CC[C@H](OC(C)=O)CC2)c(C)c1. The first-order valence-electron chi connectivity index (χ1n) is 9.00. The zero-order valence-electron chi connectivity index (χ0n) is 15.1. The van der Waals surface area contributed by atoms with E-state index in [0.29, 0.717) is 5.92 Å². The number of esters is 1. The van der Waals surface area contributed by atoms with Crippen molar-refractivity contribution in [1.29, 1.82) is 0 Å². The topological polar surface area (TPSA) is 29.5 Å². The fourth-order valence-corrected chi connectivity index (χ4v) is 3.61. The average Bonchev–Trinajstić information content (AvgIpc) is 2.53. The fourth-order valence-electron chi connectivity index (χ4n) is 3.61. The molecule has 1 aliphatic rings. The number of carbonyl (C=O) groups is 1. The van der Waals surface area contributed by atoms with E-state index in [0.717, 1.165) is 32.2 Å². The largest absolute Gasteiger partial charge is 0.463 e. The quantitative estimate of drug-likeness (QED) is 0.704. The maximum absolute atomic E-state index is 11.1. The molecule has 0 unspecified atom stereocenters. The Balaban J connectivity index is 1.97. The van der Waals surface area contributed by atoms with E-state index in [4.69, 9.17) is 4.74 Å². The predicted octanol–water partition coefficient (Wildman–Crippen LogP) is 4.82. The summed E-state index contributed by atoms with van der Waals surface area (Å²) in [6.07, 6.45) is 6.80. The van der Waals surface area contributed by atoms with Gasteiger partial charge in [-0.15, -0.1) is 0 Å². The third-order valence-electron chi connectivity index (χ3n) is 4.99. The van der Waals surface area contributed by atoms with Gasteiger partial charge in [-0.3, -0.25) is 4.79 Å². The van der Waals surface area contributed by atoms with Crippen molar-refractivity contribution in [2.45, 2.75) is 71.3 Å². The summed E-state index contributed by atoms with van der Waals surface area (Å²) < 4.78 is 5.35. The molecular weight excluding hydrogens is 286 g/mol. The van der Waals surface area contributed by atoms with Gasteiger partial charge in [-0.25, -0.2) is 0 Å². The monoisotopic (exact) mass is 317 g/mol. The molecule has 1 aromatic rings. The maximum Gasteiger partial charge on any atom is 0.302 e. The number of carbonyl (C=O) groups excluding carboxylic acids is 1. The molecule has 0 bridgehead atoms. The van der Waals surface area contributed by atoms with Crippen molar-refractivity contribution < 1.29 is 9.53 Å². The molecule has 3 heteroatoms. The smallest absolute Gasteiger partial charge is 0.302 e. The molecule has 1 fully saturated rings. The Morgan fingerprint density at radius 2 is 1.96 bits per heavy atom. The standard InChI is InChI=1S/C20H31NO2/c1-5-6-13-21(4)18-9-12-20(15(2)14-18)17-7-10-19(11-8-17)23-16(3)22/h9,12,14,17,19H,5-8,10-11,13H2,1-4H3/t17-,19-. The van der Waals surface area contributed by atoms with E-state index in [2.05, 4.69) is 44.0 Å². The van der Waals surface area contributed by atoms with Crippen molar-refractivity contribution in [1.82, 2.24) is 0 Å². The van der Waals surface area contributed by atoms with Crippen LogP contribution in [0.2, 0.25) is 0 Å². The normalized spacial score (nSPS) is 21.0. The number of hydrogen-bond donors (Lipinski definition) is 0. The molecular formula is C20H31NO2. The highest BCUT2D eigenvalue weighted by atomic mass is 16.5. The lowest BCUT2D eigenvalue weighted by Crippen LogP contribution is -2.23. The molecule has 0 saturated heterocycles. The lowest BCUT2D eigenvalue weighted by molar-refractivity contribution is -0.147. The third-order valence-corrected chi connectivity index (χ3v) is 4.99. The van der Waals surface area contributed by atoms with Crippen LogP contribution in [0.3, 0.4) is 0 Å². The second kappa shape index (κ2) is 8.37. The van der Waals surface area contributed by atoms with E-state index in [1.54, 1.807) is 0 Å². The summed E-state index contributed by atoms with van der Waals surface area (Å²) in [5, 5.41) is 0. The lowest BCUT2D eigenvalue weighted by atomic mass is 9.81. The Morgan fingerprint density at radius 1 is 1.26 bits per heavy atom. The van der Waals surface area contributed by atoms with Crippen LogP contribution in [0.4, 0.5) is 5.69 Å². The van der Waals surface area contributed by atoms with Gasteiger partial charge in [-0.05, 0) is 68.2 Å².